The molecule has 0 aromatic carbocycles. The lowest BCUT2D eigenvalue weighted by molar-refractivity contribution is 0.00187. The lowest BCUT2D eigenvalue weighted by Gasteiger charge is -2.51. The van der Waals surface area contributed by atoms with Crippen LogP contribution in [0.25, 0.3) is 0 Å². The normalized spacial score (nSPS) is 34.9. The number of nitrogens with two attached hydrogens (primary N) is 1. The minimum Gasteiger partial charge on any atom is -0.330 e. The molecule has 2 N–H and O–H groups in total. The van der Waals surface area contributed by atoms with Crippen LogP contribution in [0.4, 0.5) is 0 Å². The van der Waals surface area contributed by atoms with E-state index in [1.807, 2.05) is 0 Å². The van der Waals surface area contributed by atoms with Crippen molar-refractivity contribution in [2.75, 3.05) is 6.54 Å². The van der Waals surface area contributed by atoms with Gasteiger partial charge in [0.15, 0.2) is 0 Å². The van der Waals surface area contributed by atoms with Gasteiger partial charge in [0.2, 0.25) is 0 Å². The first-order valence-electron chi connectivity index (χ1n) is 6.28. The zero-order valence-electron chi connectivity index (χ0n) is 9.81. The van der Waals surface area contributed by atoms with Gasteiger partial charge in [-0.25, -0.2) is 0 Å². The van der Waals surface area contributed by atoms with Crippen molar-refractivity contribution in [3.05, 3.63) is 0 Å². The van der Waals surface area contributed by atoms with Crippen molar-refractivity contribution < 1.29 is 0 Å². The fraction of sp³-hybridized carbons (Fsp3) is 1.00. The van der Waals surface area contributed by atoms with Crippen LogP contribution in [-0.2, 0) is 0 Å². The third kappa shape index (κ3) is 1.71. The van der Waals surface area contributed by atoms with Gasteiger partial charge in [0, 0.05) is 0 Å². The average molecular weight is 195 g/mol. The largest absolute Gasteiger partial charge is 0.330 e. The van der Waals surface area contributed by atoms with Gasteiger partial charge in [-0.1, -0.05) is 26.7 Å². The van der Waals surface area contributed by atoms with Crippen molar-refractivity contribution in [1.82, 2.24) is 0 Å². The number of hydrogen-bond donors (Lipinski definition) is 1. The molecule has 1 atom stereocenters. The third-order valence-corrected chi connectivity index (χ3v) is 4.83. The second-order valence-electron chi connectivity index (χ2n) is 6.38. The molecule has 1 nitrogen and oxygen atoms in total. The molecule has 0 heterocycles. The van der Waals surface area contributed by atoms with Gasteiger partial charge in [0.1, 0.15) is 0 Å². The van der Waals surface area contributed by atoms with Crippen LogP contribution in [0.5, 0.6) is 0 Å². The Hall–Kier alpha value is -0.0400. The van der Waals surface area contributed by atoms with E-state index in [-0.39, 0.29) is 0 Å². The zero-order chi connectivity index (χ0) is 10.2. The summed E-state index contributed by atoms with van der Waals surface area (Å²) in [6, 6.07) is 0. The van der Waals surface area contributed by atoms with Gasteiger partial charge >= 0.3 is 0 Å². The van der Waals surface area contributed by atoms with Gasteiger partial charge in [0.25, 0.3) is 0 Å². The summed E-state index contributed by atoms with van der Waals surface area (Å²) in [4.78, 5) is 0. The molecule has 1 heteroatoms. The van der Waals surface area contributed by atoms with Crippen LogP contribution in [0.15, 0.2) is 0 Å². The van der Waals surface area contributed by atoms with Crippen LogP contribution < -0.4 is 5.73 Å². The average Bonchev–Trinajstić information content (AvgIpc) is 2.01. The molecular formula is C13H25N. The van der Waals surface area contributed by atoms with Crippen LogP contribution in [0.3, 0.4) is 0 Å². The predicted molar refractivity (Wildman–Crippen MR) is 61.1 cm³/mol. The molecule has 2 saturated carbocycles. The second-order valence-corrected chi connectivity index (χ2v) is 6.38. The van der Waals surface area contributed by atoms with Crippen LogP contribution in [0.1, 0.15) is 58.8 Å². The predicted octanol–water partition coefficient (Wildman–Crippen LogP) is 3.33. The van der Waals surface area contributed by atoms with Gasteiger partial charge in [0.05, 0.1) is 0 Å². The summed E-state index contributed by atoms with van der Waals surface area (Å²) in [5.41, 5.74) is 7.14. The Kier molecular flexibility index (Phi) is 2.63. The topological polar surface area (TPSA) is 26.0 Å². The van der Waals surface area contributed by atoms with Gasteiger partial charge in [-0.05, 0) is 55.4 Å². The first kappa shape index (κ1) is 10.5. The highest BCUT2D eigenvalue weighted by atomic mass is 14.7. The lowest BCUT2D eigenvalue weighted by Crippen LogP contribution is -2.46. The molecule has 0 radical (unpaired) electrons. The SMILES string of the molecule is CC1(C)CCCC(C2(CN)CCC2)C1. The van der Waals surface area contributed by atoms with Crippen molar-refractivity contribution in [3.63, 3.8) is 0 Å². The van der Waals surface area contributed by atoms with E-state index in [2.05, 4.69) is 13.8 Å². The smallest absolute Gasteiger partial charge is 0.00179 e. The Labute approximate surface area is 88.4 Å². The molecule has 1 unspecified atom stereocenters. The Morgan fingerprint density at radius 1 is 1.14 bits per heavy atom. The molecule has 2 aliphatic carbocycles. The molecule has 0 aliphatic heterocycles. The molecule has 0 amide bonds. The van der Waals surface area contributed by atoms with Crippen LogP contribution >= 0.6 is 0 Å². The molecule has 82 valence electrons. The third-order valence-electron chi connectivity index (χ3n) is 4.83. The minimum absolute atomic E-state index is 0.567. The molecule has 0 spiro atoms. The highest BCUT2D eigenvalue weighted by Gasteiger charge is 2.45. The van der Waals surface area contributed by atoms with E-state index < -0.39 is 0 Å². The van der Waals surface area contributed by atoms with Gasteiger partial charge in [-0.2, -0.15) is 0 Å². The Balaban J connectivity index is 2.03. The molecule has 2 fully saturated rings. The fourth-order valence-corrected chi connectivity index (χ4v) is 3.63. The standard InChI is InChI=1S/C13H25N/c1-12(2)6-3-5-11(9-12)13(10-14)7-4-8-13/h11H,3-10,14H2,1-2H3. The first-order valence-corrected chi connectivity index (χ1v) is 6.28. The van der Waals surface area contributed by atoms with Crippen LogP contribution in [0.2, 0.25) is 0 Å². The van der Waals surface area contributed by atoms with Crippen molar-refractivity contribution in [2.24, 2.45) is 22.5 Å². The van der Waals surface area contributed by atoms with Crippen molar-refractivity contribution in [2.45, 2.75) is 58.8 Å². The summed E-state index contributed by atoms with van der Waals surface area (Å²) in [7, 11) is 0. The summed E-state index contributed by atoms with van der Waals surface area (Å²) >= 11 is 0. The maximum Gasteiger partial charge on any atom is -0.00179 e. The van der Waals surface area contributed by atoms with Crippen LogP contribution in [-0.4, -0.2) is 6.54 Å². The van der Waals surface area contributed by atoms with E-state index in [0.29, 0.717) is 10.8 Å². The summed E-state index contributed by atoms with van der Waals surface area (Å²) in [5.74, 6) is 0.935. The summed E-state index contributed by atoms with van der Waals surface area (Å²) in [6.07, 6.45) is 9.96. The Morgan fingerprint density at radius 2 is 1.86 bits per heavy atom. The maximum atomic E-state index is 5.99. The molecule has 2 rings (SSSR count). The summed E-state index contributed by atoms with van der Waals surface area (Å²) < 4.78 is 0. The molecule has 0 bridgehead atoms. The summed E-state index contributed by atoms with van der Waals surface area (Å²) in [6.45, 7) is 5.80. The Bertz CT molecular complexity index is 198. The van der Waals surface area contributed by atoms with Crippen LogP contribution in [0, 0.1) is 16.7 Å². The van der Waals surface area contributed by atoms with E-state index in [1.54, 1.807) is 0 Å². The number of hydrogen-bond acceptors (Lipinski definition) is 1. The number of rotatable bonds is 2. The van der Waals surface area contributed by atoms with Gasteiger partial charge in [-0.15, -0.1) is 0 Å². The molecule has 2 aliphatic rings. The van der Waals surface area contributed by atoms with E-state index in [4.69, 9.17) is 5.73 Å². The molecule has 0 aromatic rings. The van der Waals surface area contributed by atoms with Gasteiger partial charge < -0.3 is 5.73 Å². The van der Waals surface area contributed by atoms with Crippen molar-refractivity contribution in [1.29, 1.82) is 0 Å². The lowest BCUT2D eigenvalue weighted by atomic mass is 9.54. The maximum absolute atomic E-state index is 5.99. The van der Waals surface area contributed by atoms with E-state index in [9.17, 15) is 0 Å². The molecule has 14 heavy (non-hydrogen) atoms. The summed E-state index contributed by atoms with van der Waals surface area (Å²) in [5, 5.41) is 0. The van der Waals surface area contributed by atoms with Crippen molar-refractivity contribution in [3.8, 4) is 0 Å². The highest BCUT2D eigenvalue weighted by molar-refractivity contribution is 4.97. The second kappa shape index (κ2) is 3.52. The minimum atomic E-state index is 0.567. The highest BCUT2D eigenvalue weighted by Crippen LogP contribution is 2.54. The molecule has 0 aromatic heterocycles. The van der Waals surface area contributed by atoms with Crippen molar-refractivity contribution >= 4 is 0 Å². The molecular weight excluding hydrogens is 170 g/mol. The van der Waals surface area contributed by atoms with Gasteiger partial charge in [-0.3, -0.25) is 0 Å². The van der Waals surface area contributed by atoms with E-state index in [0.717, 1.165) is 12.5 Å². The first-order chi connectivity index (χ1) is 6.58. The fourth-order valence-electron chi connectivity index (χ4n) is 3.63. The monoisotopic (exact) mass is 195 g/mol. The quantitative estimate of drug-likeness (QED) is 0.718. The zero-order valence-corrected chi connectivity index (χ0v) is 9.81. The molecule has 0 saturated heterocycles. The van der Waals surface area contributed by atoms with E-state index >= 15 is 0 Å². The Morgan fingerprint density at radius 3 is 2.29 bits per heavy atom. The van der Waals surface area contributed by atoms with E-state index in [1.165, 1.54) is 44.9 Å².